The van der Waals surface area contributed by atoms with E-state index in [-0.39, 0.29) is 0 Å². The Morgan fingerprint density at radius 3 is 2.75 bits per heavy atom. The minimum absolute atomic E-state index is 0.398. The fourth-order valence-corrected chi connectivity index (χ4v) is 1.19. The van der Waals surface area contributed by atoms with Crippen molar-refractivity contribution in [1.82, 2.24) is 15.0 Å². The Hall–Kier alpha value is -2.11. The van der Waals surface area contributed by atoms with Crippen molar-refractivity contribution < 1.29 is 4.42 Å². The number of anilines is 2. The van der Waals surface area contributed by atoms with Crippen LogP contribution >= 0.6 is 0 Å². The van der Waals surface area contributed by atoms with Crippen molar-refractivity contribution in [3.63, 3.8) is 0 Å². The Bertz CT molecular complexity index is 450. The molecule has 0 radical (unpaired) electrons. The second-order valence-electron chi connectivity index (χ2n) is 3.25. The quantitative estimate of drug-likeness (QED) is 0.803. The van der Waals surface area contributed by atoms with Gasteiger partial charge in [0.15, 0.2) is 0 Å². The highest BCUT2D eigenvalue weighted by atomic mass is 16.4. The van der Waals surface area contributed by atoms with Crippen LogP contribution in [0.1, 0.15) is 18.6 Å². The predicted octanol–water partition coefficient (Wildman–Crippen LogP) is 1.22. The summed E-state index contributed by atoms with van der Waals surface area (Å²) in [5.74, 6) is 2.55. The zero-order valence-corrected chi connectivity index (χ0v) is 8.97. The third-order valence-electron chi connectivity index (χ3n) is 2.04. The zero-order chi connectivity index (χ0) is 11.4. The lowest BCUT2D eigenvalue weighted by Gasteiger charge is -2.01. The lowest BCUT2D eigenvalue weighted by Crippen LogP contribution is -2.02. The third-order valence-corrected chi connectivity index (χ3v) is 2.04. The van der Waals surface area contributed by atoms with Crippen molar-refractivity contribution in [3.05, 3.63) is 30.2 Å². The van der Waals surface area contributed by atoms with E-state index in [1.54, 1.807) is 12.4 Å². The molecule has 6 nitrogen and oxygen atoms in total. The Balaban J connectivity index is 1.94. The van der Waals surface area contributed by atoms with E-state index < -0.39 is 0 Å². The van der Waals surface area contributed by atoms with Crippen LogP contribution in [0.5, 0.6) is 0 Å². The highest BCUT2D eigenvalue weighted by Crippen LogP contribution is 2.07. The molecular formula is C10H13N5O. The number of hydrogen-bond acceptors (Lipinski definition) is 6. The van der Waals surface area contributed by atoms with E-state index in [1.165, 1.54) is 6.20 Å². The van der Waals surface area contributed by atoms with E-state index >= 15 is 0 Å². The van der Waals surface area contributed by atoms with Gasteiger partial charge < -0.3 is 15.5 Å². The molecule has 0 fully saturated rings. The number of aromatic nitrogens is 3. The van der Waals surface area contributed by atoms with Crippen molar-refractivity contribution in [2.24, 2.45) is 0 Å². The van der Waals surface area contributed by atoms with Crippen molar-refractivity contribution in [2.75, 3.05) is 11.1 Å². The van der Waals surface area contributed by atoms with Gasteiger partial charge in [0.05, 0.1) is 25.1 Å². The maximum atomic E-state index is 5.43. The summed E-state index contributed by atoms with van der Waals surface area (Å²) in [7, 11) is 0. The van der Waals surface area contributed by atoms with Gasteiger partial charge in [-0.1, -0.05) is 6.92 Å². The third kappa shape index (κ3) is 2.47. The van der Waals surface area contributed by atoms with Gasteiger partial charge in [0.1, 0.15) is 17.4 Å². The van der Waals surface area contributed by atoms with Crippen LogP contribution in [-0.4, -0.2) is 15.0 Å². The molecule has 2 aromatic heterocycles. The minimum atomic E-state index is 0.398. The molecule has 84 valence electrons. The topological polar surface area (TPSA) is 89.9 Å². The van der Waals surface area contributed by atoms with Gasteiger partial charge in [0, 0.05) is 6.42 Å². The first-order chi connectivity index (χ1) is 7.78. The van der Waals surface area contributed by atoms with Gasteiger partial charge in [-0.3, -0.25) is 0 Å². The highest BCUT2D eigenvalue weighted by Gasteiger charge is 2.02. The smallest absolute Gasteiger partial charge is 0.213 e. The summed E-state index contributed by atoms with van der Waals surface area (Å²) >= 11 is 0. The van der Waals surface area contributed by atoms with Gasteiger partial charge in [-0.15, -0.1) is 0 Å². The van der Waals surface area contributed by atoms with Crippen molar-refractivity contribution in [3.8, 4) is 0 Å². The number of nitrogens with one attached hydrogen (secondary N) is 1. The molecule has 16 heavy (non-hydrogen) atoms. The molecule has 0 saturated carbocycles. The Kier molecular flexibility index (Phi) is 3.00. The molecule has 2 rings (SSSR count). The summed E-state index contributed by atoms with van der Waals surface area (Å²) in [5, 5.41) is 3.04. The summed E-state index contributed by atoms with van der Waals surface area (Å²) in [6, 6.07) is 0. The van der Waals surface area contributed by atoms with Gasteiger partial charge in [-0.25, -0.2) is 15.0 Å². The fourth-order valence-electron chi connectivity index (χ4n) is 1.19. The molecule has 0 atom stereocenters. The first-order valence-electron chi connectivity index (χ1n) is 5.03. The molecule has 0 aliphatic heterocycles. The number of aryl methyl sites for hydroxylation is 1. The molecule has 0 bridgehead atoms. The van der Waals surface area contributed by atoms with Gasteiger partial charge in [-0.05, 0) is 0 Å². The number of nitrogens with zero attached hydrogens (tertiary/aromatic N) is 3. The number of nitrogens with two attached hydrogens (primary N) is 1. The van der Waals surface area contributed by atoms with Crippen LogP contribution in [-0.2, 0) is 13.0 Å². The molecule has 2 heterocycles. The van der Waals surface area contributed by atoms with Gasteiger partial charge in [-0.2, -0.15) is 0 Å². The first-order valence-corrected chi connectivity index (χ1v) is 5.03. The monoisotopic (exact) mass is 219 g/mol. The average molecular weight is 219 g/mol. The minimum Gasteiger partial charge on any atom is -0.444 e. The number of nitrogen functional groups attached to an aromatic ring is 1. The molecule has 0 amide bonds. The van der Waals surface area contributed by atoms with Crippen LogP contribution in [0, 0.1) is 0 Å². The van der Waals surface area contributed by atoms with Crippen LogP contribution < -0.4 is 11.1 Å². The number of oxazole rings is 1. The Morgan fingerprint density at radius 1 is 1.25 bits per heavy atom. The second kappa shape index (κ2) is 4.61. The van der Waals surface area contributed by atoms with Crippen LogP contribution in [0.4, 0.5) is 11.6 Å². The van der Waals surface area contributed by atoms with E-state index in [4.69, 9.17) is 10.2 Å². The van der Waals surface area contributed by atoms with E-state index in [9.17, 15) is 0 Å². The van der Waals surface area contributed by atoms with Gasteiger partial charge in [0.25, 0.3) is 0 Å². The van der Waals surface area contributed by atoms with E-state index in [0.29, 0.717) is 24.1 Å². The first kappa shape index (κ1) is 10.4. The molecule has 0 aliphatic carbocycles. The molecule has 0 spiro atoms. The molecule has 0 aliphatic rings. The summed E-state index contributed by atoms with van der Waals surface area (Å²) in [6.07, 6.45) is 5.63. The van der Waals surface area contributed by atoms with Gasteiger partial charge in [0.2, 0.25) is 5.89 Å². The normalized spacial score (nSPS) is 10.3. The molecule has 6 heteroatoms. The fraction of sp³-hybridized carbons (Fsp3) is 0.300. The second-order valence-corrected chi connectivity index (χ2v) is 3.25. The lowest BCUT2D eigenvalue weighted by molar-refractivity contribution is 0.465. The predicted molar refractivity (Wildman–Crippen MR) is 59.7 cm³/mol. The van der Waals surface area contributed by atoms with Gasteiger partial charge >= 0.3 is 0 Å². The highest BCUT2D eigenvalue weighted by molar-refractivity contribution is 5.35. The number of rotatable bonds is 4. The lowest BCUT2D eigenvalue weighted by atomic mass is 10.4. The maximum absolute atomic E-state index is 5.43. The van der Waals surface area contributed by atoms with E-state index in [1.807, 2.05) is 6.92 Å². The van der Waals surface area contributed by atoms with Crippen molar-refractivity contribution in [2.45, 2.75) is 19.9 Å². The van der Waals surface area contributed by atoms with Crippen LogP contribution in [0.15, 0.2) is 23.0 Å². The van der Waals surface area contributed by atoms with E-state index in [2.05, 4.69) is 20.3 Å². The summed E-state index contributed by atoms with van der Waals surface area (Å²) in [5.41, 5.74) is 5.42. The largest absolute Gasteiger partial charge is 0.444 e. The summed E-state index contributed by atoms with van der Waals surface area (Å²) in [6.45, 7) is 2.50. The Morgan fingerprint density at radius 2 is 2.12 bits per heavy atom. The average Bonchev–Trinajstić information content (AvgIpc) is 2.76. The molecule has 2 aromatic rings. The maximum Gasteiger partial charge on any atom is 0.213 e. The summed E-state index contributed by atoms with van der Waals surface area (Å²) in [4.78, 5) is 12.1. The summed E-state index contributed by atoms with van der Waals surface area (Å²) < 4.78 is 5.43. The van der Waals surface area contributed by atoms with Crippen LogP contribution in [0.25, 0.3) is 0 Å². The number of hydrogen-bond donors (Lipinski definition) is 2. The SMILES string of the molecule is CCc1cnc(CNc2cnc(N)cn2)o1. The van der Waals surface area contributed by atoms with Crippen molar-refractivity contribution >= 4 is 11.6 Å². The van der Waals surface area contributed by atoms with E-state index in [0.717, 1.165) is 12.2 Å². The molecular weight excluding hydrogens is 206 g/mol. The molecule has 3 N–H and O–H groups in total. The van der Waals surface area contributed by atoms with Crippen molar-refractivity contribution in [1.29, 1.82) is 0 Å². The molecule has 0 unspecified atom stereocenters. The molecule has 0 aromatic carbocycles. The Labute approximate surface area is 92.9 Å². The standard InChI is InChI=1S/C10H13N5O/c1-2-7-3-15-10(16-7)6-14-9-5-12-8(11)4-13-9/h3-5H,2,6H2,1H3,(H2,11,12)(H,13,14). The van der Waals surface area contributed by atoms with Crippen LogP contribution in [0.2, 0.25) is 0 Å². The molecule has 0 saturated heterocycles. The van der Waals surface area contributed by atoms with Crippen LogP contribution in [0.3, 0.4) is 0 Å². The zero-order valence-electron chi connectivity index (χ0n) is 8.97.